The Morgan fingerprint density at radius 1 is 1.46 bits per heavy atom. The molecule has 0 fully saturated rings. The van der Waals surface area contributed by atoms with Crippen LogP contribution in [0.4, 0.5) is 0 Å². The Kier molecular flexibility index (Phi) is 2.98. The lowest BCUT2D eigenvalue weighted by atomic mass is 9.93. The van der Waals surface area contributed by atoms with Crippen molar-refractivity contribution in [2.75, 3.05) is 0 Å². The minimum Gasteiger partial charge on any atom is -0.384 e. The highest BCUT2D eigenvalue weighted by Crippen LogP contribution is 2.24. The first-order valence-corrected chi connectivity index (χ1v) is 4.36. The summed E-state index contributed by atoms with van der Waals surface area (Å²) in [5, 5.41) is 10.5. The smallest absolute Gasteiger partial charge is 0.0977 e. The molecule has 13 heavy (non-hydrogen) atoms. The van der Waals surface area contributed by atoms with E-state index in [1.54, 1.807) is 31.2 Å². The summed E-state index contributed by atoms with van der Waals surface area (Å²) < 4.78 is 0. The van der Waals surface area contributed by atoms with Crippen molar-refractivity contribution in [1.29, 1.82) is 0 Å². The summed E-state index contributed by atoms with van der Waals surface area (Å²) in [4.78, 5) is 0. The van der Waals surface area contributed by atoms with Crippen molar-refractivity contribution in [2.45, 2.75) is 18.9 Å². The molecule has 0 bridgehead atoms. The number of aliphatic hydroxyl groups is 1. The molecule has 68 valence electrons. The largest absolute Gasteiger partial charge is 0.384 e. The van der Waals surface area contributed by atoms with Crippen molar-refractivity contribution in [3.8, 4) is 12.3 Å². The molecule has 0 heterocycles. The molecule has 1 rings (SSSR count). The van der Waals surface area contributed by atoms with Gasteiger partial charge < -0.3 is 5.11 Å². The first-order chi connectivity index (χ1) is 6.06. The summed E-state index contributed by atoms with van der Waals surface area (Å²) in [5.74, 6) is 2.44. The molecule has 1 aromatic carbocycles. The highest BCUT2D eigenvalue weighted by atomic mass is 35.5. The second kappa shape index (κ2) is 3.83. The van der Waals surface area contributed by atoms with Crippen LogP contribution in [-0.2, 0) is 5.60 Å². The SMILES string of the molecule is C#CC[C@](C)(O)c1ccc(Cl)cc1. The molecular weight excluding hydrogens is 184 g/mol. The van der Waals surface area contributed by atoms with Gasteiger partial charge in [-0.3, -0.25) is 0 Å². The molecule has 0 saturated carbocycles. The number of halogens is 1. The van der Waals surface area contributed by atoms with Crippen LogP contribution in [0, 0.1) is 12.3 Å². The Morgan fingerprint density at radius 2 is 2.00 bits per heavy atom. The standard InChI is InChI=1S/C11H11ClO/c1-3-8-11(2,13)9-4-6-10(12)7-5-9/h1,4-7,13H,8H2,2H3/t11-/m0/s1. The maximum Gasteiger partial charge on any atom is 0.0977 e. The minimum absolute atomic E-state index is 0.300. The van der Waals surface area contributed by atoms with Crippen LogP contribution < -0.4 is 0 Å². The molecule has 0 radical (unpaired) electrons. The van der Waals surface area contributed by atoms with Crippen LogP contribution >= 0.6 is 11.6 Å². The summed E-state index contributed by atoms with van der Waals surface area (Å²) in [6.07, 6.45) is 5.45. The van der Waals surface area contributed by atoms with Gasteiger partial charge in [0.05, 0.1) is 5.60 Å². The van der Waals surface area contributed by atoms with Crippen LogP contribution in [0.5, 0.6) is 0 Å². The highest BCUT2D eigenvalue weighted by molar-refractivity contribution is 6.30. The summed E-state index contributed by atoms with van der Waals surface area (Å²) in [6.45, 7) is 1.69. The van der Waals surface area contributed by atoms with Gasteiger partial charge in [-0.25, -0.2) is 0 Å². The number of terminal acetylenes is 1. The fourth-order valence-electron chi connectivity index (χ4n) is 1.11. The predicted molar refractivity (Wildman–Crippen MR) is 54.5 cm³/mol. The Hall–Kier alpha value is -0.970. The lowest BCUT2D eigenvalue weighted by Crippen LogP contribution is -2.19. The Balaban J connectivity index is 2.95. The minimum atomic E-state index is -0.959. The van der Waals surface area contributed by atoms with E-state index in [1.807, 2.05) is 0 Å². The van der Waals surface area contributed by atoms with E-state index in [-0.39, 0.29) is 0 Å². The quantitative estimate of drug-likeness (QED) is 0.718. The Bertz CT molecular complexity index is 319. The lowest BCUT2D eigenvalue weighted by molar-refractivity contribution is 0.0630. The average Bonchev–Trinajstić information content (AvgIpc) is 2.05. The molecule has 0 spiro atoms. The molecule has 1 nitrogen and oxygen atoms in total. The third kappa shape index (κ3) is 2.48. The molecule has 0 aromatic heterocycles. The first kappa shape index (κ1) is 10.1. The van der Waals surface area contributed by atoms with Gasteiger partial charge in [0.25, 0.3) is 0 Å². The fraction of sp³-hybridized carbons (Fsp3) is 0.273. The molecule has 1 N–H and O–H groups in total. The summed E-state index contributed by atoms with van der Waals surface area (Å²) >= 11 is 5.72. The van der Waals surface area contributed by atoms with Crippen LogP contribution in [0.15, 0.2) is 24.3 Å². The van der Waals surface area contributed by atoms with E-state index < -0.39 is 5.60 Å². The van der Waals surface area contributed by atoms with Crippen molar-refractivity contribution in [3.05, 3.63) is 34.9 Å². The molecule has 0 unspecified atom stereocenters. The van der Waals surface area contributed by atoms with E-state index in [9.17, 15) is 5.11 Å². The van der Waals surface area contributed by atoms with Gasteiger partial charge >= 0.3 is 0 Å². The third-order valence-corrected chi connectivity index (χ3v) is 2.16. The number of hydrogen-bond acceptors (Lipinski definition) is 1. The number of hydrogen-bond donors (Lipinski definition) is 1. The van der Waals surface area contributed by atoms with Crippen LogP contribution in [0.2, 0.25) is 5.02 Å². The van der Waals surface area contributed by atoms with Gasteiger partial charge in [-0.15, -0.1) is 12.3 Å². The third-order valence-electron chi connectivity index (χ3n) is 1.91. The Labute approximate surface area is 83.4 Å². The van der Waals surface area contributed by atoms with Gasteiger partial charge in [-0.05, 0) is 24.6 Å². The van der Waals surface area contributed by atoms with Crippen molar-refractivity contribution >= 4 is 11.6 Å². The highest BCUT2D eigenvalue weighted by Gasteiger charge is 2.21. The van der Waals surface area contributed by atoms with Gasteiger partial charge in [0, 0.05) is 11.4 Å². The maximum atomic E-state index is 9.89. The maximum absolute atomic E-state index is 9.89. The van der Waals surface area contributed by atoms with Gasteiger partial charge in [0.2, 0.25) is 0 Å². The van der Waals surface area contributed by atoms with E-state index in [1.165, 1.54) is 0 Å². The summed E-state index contributed by atoms with van der Waals surface area (Å²) in [5.41, 5.74) is -0.172. The molecule has 0 aliphatic carbocycles. The van der Waals surface area contributed by atoms with Gasteiger partial charge in [-0.2, -0.15) is 0 Å². The van der Waals surface area contributed by atoms with Gasteiger partial charge in [-0.1, -0.05) is 23.7 Å². The molecule has 0 aliphatic rings. The zero-order valence-electron chi connectivity index (χ0n) is 7.42. The first-order valence-electron chi connectivity index (χ1n) is 3.98. The second-order valence-electron chi connectivity index (χ2n) is 3.16. The van der Waals surface area contributed by atoms with Crippen molar-refractivity contribution < 1.29 is 5.11 Å². The second-order valence-corrected chi connectivity index (χ2v) is 3.60. The molecule has 2 heteroatoms. The van der Waals surface area contributed by atoms with E-state index in [0.29, 0.717) is 11.4 Å². The number of benzene rings is 1. The van der Waals surface area contributed by atoms with E-state index in [2.05, 4.69) is 5.92 Å². The topological polar surface area (TPSA) is 20.2 Å². The molecular formula is C11H11ClO. The molecule has 0 amide bonds. The average molecular weight is 195 g/mol. The monoisotopic (exact) mass is 194 g/mol. The molecule has 1 aromatic rings. The van der Waals surface area contributed by atoms with Gasteiger partial charge in [0.1, 0.15) is 0 Å². The predicted octanol–water partition coefficient (Wildman–Crippen LogP) is 2.57. The van der Waals surface area contributed by atoms with Crippen LogP contribution in [0.3, 0.4) is 0 Å². The lowest BCUT2D eigenvalue weighted by Gasteiger charge is -2.20. The van der Waals surface area contributed by atoms with E-state index in [0.717, 1.165) is 5.56 Å². The molecule has 1 atom stereocenters. The molecule has 0 saturated heterocycles. The summed E-state index contributed by atoms with van der Waals surface area (Å²) in [6, 6.07) is 7.03. The van der Waals surface area contributed by atoms with Crippen LogP contribution in [0.25, 0.3) is 0 Å². The van der Waals surface area contributed by atoms with Crippen LogP contribution in [-0.4, -0.2) is 5.11 Å². The van der Waals surface area contributed by atoms with Crippen LogP contribution in [0.1, 0.15) is 18.9 Å². The molecule has 0 aliphatic heterocycles. The van der Waals surface area contributed by atoms with Gasteiger partial charge in [0.15, 0.2) is 0 Å². The Morgan fingerprint density at radius 3 is 2.46 bits per heavy atom. The van der Waals surface area contributed by atoms with E-state index in [4.69, 9.17) is 18.0 Å². The fourth-order valence-corrected chi connectivity index (χ4v) is 1.24. The number of rotatable bonds is 2. The van der Waals surface area contributed by atoms with E-state index >= 15 is 0 Å². The summed E-state index contributed by atoms with van der Waals surface area (Å²) in [7, 11) is 0. The van der Waals surface area contributed by atoms with Crippen molar-refractivity contribution in [1.82, 2.24) is 0 Å². The van der Waals surface area contributed by atoms with Crippen molar-refractivity contribution in [3.63, 3.8) is 0 Å². The zero-order valence-corrected chi connectivity index (χ0v) is 8.17. The zero-order chi connectivity index (χ0) is 9.90. The normalized spacial score (nSPS) is 14.6. The van der Waals surface area contributed by atoms with Crippen molar-refractivity contribution in [2.24, 2.45) is 0 Å².